The Hall–Kier alpha value is -2.29. The third-order valence-corrected chi connectivity index (χ3v) is 3.96. The Balaban J connectivity index is 1.81. The molecule has 0 amide bonds. The molecule has 0 fully saturated rings. The summed E-state index contributed by atoms with van der Waals surface area (Å²) in [4.78, 5) is 12.2. The Morgan fingerprint density at radius 3 is 2.25 bits per heavy atom. The van der Waals surface area contributed by atoms with Crippen LogP contribution < -0.4 is 9.47 Å². The van der Waals surface area contributed by atoms with E-state index in [0.29, 0.717) is 5.75 Å². The summed E-state index contributed by atoms with van der Waals surface area (Å²) >= 11 is 0. The van der Waals surface area contributed by atoms with Crippen molar-refractivity contribution in [2.24, 2.45) is 0 Å². The topological polar surface area (TPSA) is 35.5 Å². The first-order valence-electron chi connectivity index (χ1n) is 8.70. The highest BCUT2D eigenvalue weighted by molar-refractivity contribution is 5.79. The number of carbonyl (C=O) groups excluding carboxylic acids is 1. The smallest absolute Gasteiger partial charge is 0.318 e. The van der Waals surface area contributed by atoms with Gasteiger partial charge in [-0.3, -0.25) is 4.79 Å². The van der Waals surface area contributed by atoms with Crippen molar-refractivity contribution in [2.75, 3.05) is 6.61 Å². The van der Waals surface area contributed by atoms with Crippen LogP contribution in [0, 0.1) is 0 Å². The predicted octanol–water partition coefficient (Wildman–Crippen LogP) is 5.35. The SMILES string of the molecule is CCCCCCOc1ccc(OC(=O)C(C)c2ccccc2)cc1. The summed E-state index contributed by atoms with van der Waals surface area (Å²) in [6.45, 7) is 4.77. The number of hydrogen-bond acceptors (Lipinski definition) is 3. The number of hydrogen-bond donors (Lipinski definition) is 0. The van der Waals surface area contributed by atoms with E-state index < -0.39 is 0 Å². The first kappa shape index (κ1) is 18.1. The second-order valence-electron chi connectivity index (χ2n) is 5.93. The fraction of sp³-hybridized carbons (Fsp3) is 0.381. The highest BCUT2D eigenvalue weighted by atomic mass is 16.5. The number of unbranched alkanes of at least 4 members (excludes halogenated alkanes) is 3. The molecular formula is C21H26O3. The normalized spacial score (nSPS) is 11.8. The van der Waals surface area contributed by atoms with Crippen molar-refractivity contribution in [1.29, 1.82) is 0 Å². The van der Waals surface area contributed by atoms with E-state index in [4.69, 9.17) is 9.47 Å². The molecule has 3 nitrogen and oxygen atoms in total. The van der Waals surface area contributed by atoms with Gasteiger partial charge in [0.05, 0.1) is 12.5 Å². The van der Waals surface area contributed by atoms with Crippen molar-refractivity contribution >= 4 is 5.97 Å². The van der Waals surface area contributed by atoms with Gasteiger partial charge in [0.1, 0.15) is 11.5 Å². The molecule has 3 heteroatoms. The number of rotatable bonds is 9. The molecule has 0 aliphatic heterocycles. The molecular weight excluding hydrogens is 300 g/mol. The Bertz CT molecular complexity index is 605. The minimum atomic E-state index is -0.291. The molecule has 128 valence electrons. The van der Waals surface area contributed by atoms with E-state index >= 15 is 0 Å². The number of esters is 1. The minimum Gasteiger partial charge on any atom is -0.494 e. The lowest BCUT2D eigenvalue weighted by molar-refractivity contribution is -0.135. The van der Waals surface area contributed by atoms with Gasteiger partial charge in [0.15, 0.2) is 0 Å². The van der Waals surface area contributed by atoms with Crippen LogP contribution in [0.15, 0.2) is 54.6 Å². The molecule has 0 aliphatic rings. The molecule has 1 atom stereocenters. The molecule has 0 aliphatic carbocycles. The largest absolute Gasteiger partial charge is 0.494 e. The Labute approximate surface area is 144 Å². The van der Waals surface area contributed by atoms with E-state index in [2.05, 4.69) is 6.92 Å². The molecule has 24 heavy (non-hydrogen) atoms. The van der Waals surface area contributed by atoms with Crippen LogP contribution in [0.25, 0.3) is 0 Å². The zero-order valence-electron chi connectivity index (χ0n) is 14.5. The van der Waals surface area contributed by atoms with Gasteiger partial charge in [0.2, 0.25) is 0 Å². The van der Waals surface area contributed by atoms with E-state index in [9.17, 15) is 4.79 Å². The van der Waals surface area contributed by atoms with Crippen LogP contribution in [0.4, 0.5) is 0 Å². The lowest BCUT2D eigenvalue weighted by Gasteiger charge is -2.12. The summed E-state index contributed by atoms with van der Waals surface area (Å²) in [5, 5.41) is 0. The van der Waals surface area contributed by atoms with Crippen LogP contribution in [0.5, 0.6) is 11.5 Å². The second kappa shape index (κ2) is 9.76. The molecule has 0 radical (unpaired) electrons. The molecule has 2 aromatic rings. The van der Waals surface area contributed by atoms with E-state index in [1.54, 1.807) is 12.1 Å². The van der Waals surface area contributed by atoms with Gasteiger partial charge < -0.3 is 9.47 Å². The third kappa shape index (κ3) is 5.73. The summed E-state index contributed by atoms with van der Waals surface area (Å²) < 4.78 is 11.1. The molecule has 2 aromatic carbocycles. The number of ether oxygens (including phenoxy) is 2. The van der Waals surface area contributed by atoms with Crippen molar-refractivity contribution in [2.45, 2.75) is 45.4 Å². The van der Waals surface area contributed by atoms with Gasteiger partial charge in [0, 0.05) is 0 Å². The van der Waals surface area contributed by atoms with Crippen molar-refractivity contribution in [3.05, 3.63) is 60.2 Å². The summed E-state index contributed by atoms with van der Waals surface area (Å²) in [7, 11) is 0. The van der Waals surface area contributed by atoms with Crippen LogP contribution in [-0.4, -0.2) is 12.6 Å². The van der Waals surface area contributed by atoms with Crippen LogP contribution in [0.3, 0.4) is 0 Å². The van der Waals surface area contributed by atoms with Crippen molar-refractivity contribution in [3.63, 3.8) is 0 Å². The Kier molecular flexibility index (Phi) is 7.34. The van der Waals surface area contributed by atoms with Gasteiger partial charge in [0.25, 0.3) is 0 Å². The highest BCUT2D eigenvalue weighted by Gasteiger charge is 2.17. The second-order valence-corrected chi connectivity index (χ2v) is 5.93. The molecule has 1 unspecified atom stereocenters. The molecule has 0 bridgehead atoms. The summed E-state index contributed by atoms with van der Waals surface area (Å²) in [5.41, 5.74) is 0.953. The molecule has 2 rings (SSSR count). The fourth-order valence-corrected chi connectivity index (χ4v) is 2.41. The van der Waals surface area contributed by atoms with Gasteiger partial charge in [-0.25, -0.2) is 0 Å². The first-order chi connectivity index (χ1) is 11.7. The van der Waals surface area contributed by atoms with Crippen LogP contribution >= 0.6 is 0 Å². The number of carbonyl (C=O) groups is 1. The maximum atomic E-state index is 12.2. The van der Waals surface area contributed by atoms with Gasteiger partial charge in [-0.05, 0) is 43.2 Å². The standard InChI is InChI=1S/C21H26O3/c1-3-4-5-9-16-23-19-12-14-20(15-13-19)24-21(22)17(2)18-10-7-6-8-11-18/h6-8,10-15,17H,3-5,9,16H2,1-2H3. The molecule has 0 N–H and O–H groups in total. The highest BCUT2D eigenvalue weighted by Crippen LogP contribution is 2.22. The zero-order chi connectivity index (χ0) is 17.2. The Morgan fingerprint density at radius 1 is 0.917 bits per heavy atom. The average molecular weight is 326 g/mol. The number of benzene rings is 2. The lowest BCUT2D eigenvalue weighted by Crippen LogP contribution is -2.16. The Morgan fingerprint density at radius 2 is 1.58 bits per heavy atom. The van der Waals surface area contributed by atoms with Crippen molar-refractivity contribution in [3.8, 4) is 11.5 Å². The summed E-state index contributed by atoms with van der Waals surface area (Å²) in [6.07, 6.45) is 4.74. The van der Waals surface area contributed by atoms with E-state index in [1.807, 2.05) is 49.4 Å². The molecule has 0 saturated carbocycles. The maximum Gasteiger partial charge on any atom is 0.318 e. The minimum absolute atomic E-state index is 0.255. The summed E-state index contributed by atoms with van der Waals surface area (Å²) in [6, 6.07) is 16.9. The summed E-state index contributed by atoms with van der Waals surface area (Å²) in [5.74, 6) is 0.804. The molecule has 0 aromatic heterocycles. The predicted molar refractivity (Wildman–Crippen MR) is 96.6 cm³/mol. The fourth-order valence-electron chi connectivity index (χ4n) is 2.41. The molecule has 0 heterocycles. The van der Waals surface area contributed by atoms with Crippen LogP contribution in [0.1, 0.15) is 51.0 Å². The van der Waals surface area contributed by atoms with E-state index in [1.165, 1.54) is 19.3 Å². The van der Waals surface area contributed by atoms with Crippen LogP contribution in [-0.2, 0) is 4.79 Å². The lowest BCUT2D eigenvalue weighted by atomic mass is 10.0. The third-order valence-electron chi connectivity index (χ3n) is 3.96. The first-order valence-corrected chi connectivity index (χ1v) is 8.70. The van der Waals surface area contributed by atoms with Gasteiger partial charge in [-0.15, -0.1) is 0 Å². The van der Waals surface area contributed by atoms with Crippen LogP contribution in [0.2, 0.25) is 0 Å². The molecule has 0 spiro atoms. The van der Waals surface area contributed by atoms with E-state index in [-0.39, 0.29) is 11.9 Å². The monoisotopic (exact) mass is 326 g/mol. The zero-order valence-corrected chi connectivity index (χ0v) is 14.5. The van der Waals surface area contributed by atoms with Crippen molar-refractivity contribution < 1.29 is 14.3 Å². The average Bonchev–Trinajstić information content (AvgIpc) is 2.63. The maximum absolute atomic E-state index is 12.2. The van der Waals surface area contributed by atoms with Gasteiger partial charge in [-0.1, -0.05) is 56.5 Å². The van der Waals surface area contributed by atoms with Gasteiger partial charge >= 0.3 is 5.97 Å². The van der Waals surface area contributed by atoms with Gasteiger partial charge in [-0.2, -0.15) is 0 Å². The molecule has 0 saturated heterocycles. The van der Waals surface area contributed by atoms with Crippen molar-refractivity contribution in [1.82, 2.24) is 0 Å². The quantitative estimate of drug-likeness (QED) is 0.354. The van der Waals surface area contributed by atoms with E-state index in [0.717, 1.165) is 24.3 Å².